The van der Waals surface area contributed by atoms with Gasteiger partial charge in [0.15, 0.2) is 0 Å². The molecular formula is C13H19ClN2O. The van der Waals surface area contributed by atoms with Crippen molar-refractivity contribution in [2.45, 2.75) is 19.5 Å². The number of halogens is 1. The Morgan fingerprint density at radius 3 is 3.06 bits per heavy atom. The van der Waals surface area contributed by atoms with Gasteiger partial charge in [-0.1, -0.05) is 23.7 Å². The van der Waals surface area contributed by atoms with E-state index in [9.17, 15) is 0 Å². The van der Waals surface area contributed by atoms with Crippen LogP contribution in [0.2, 0.25) is 5.02 Å². The molecular weight excluding hydrogens is 236 g/mol. The molecule has 0 radical (unpaired) electrons. The molecule has 0 aliphatic carbocycles. The van der Waals surface area contributed by atoms with Crippen molar-refractivity contribution in [2.75, 3.05) is 26.7 Å². The van der Waals surface area contributed by atoms with E-state index in [2.05, 4.69) is 23.2 Å². The minimum atomic E-state index is 0.549. The average Bonchev–Trinajstić information content (AvgIpc) is 2.32. The Labute approximate surface area is 108 Å². The minimum absolute atomic E-state index is 0.549. The van der Waals surface area contributed by atoms with Crippen molar-refractivity contribution >= 4 is 11.6 Å². The molecule has 0 aromatic heterocycles. The molecule has 1 saturated heterocycles. The Hall–Kier alpha value is -0.770. The van der Waals surface area contributed by atoms with Crippen molar-refractivity contribution in [3.8, 4) is 5.75 Å². The van der Waals surface area contributed by atoms with Gasteiger partial charge in [-0.25, -0.2) is 0 Å². The van der Waals surface area contributed by atoms with Gasteiger partial charge < -0.3 is 10.1 Å². The van der Waals surface area contributed by atoms with Crippen LogP contribution < -0.4 is 10.1 Å². The number of ether oxygens (including phenoxy) is 1. The van der Waals surface area contributed by atoms with Gasteiger partial charge in [0, 0.05) is 32.2 Å². The van der Waals surface area contributed by atoms with Crippen LogP contribution in [0.3, 0.4) is 0 Å². The van der Waals surface area contributed by atoms with Crippen LogP contribution in [0.4, 0.5) is 0 Å². The maximum Gasteiger partial charge on any atom is 0.137 e. The number of hydrogen-bond donors (Lipinski definition) is 1. The van der Waals surface area contributed by atoms with E-state index in [-0.39, 0.29) is 0 Å². The maximum atomic E-state index is 6.30. The van der Waals surface area contributed by atoms with Crippen LogP contribution >= 0.6 is 11.6 Å². The SMILES string of the molecule is COc1cccc(CN2CCN[C@@H](C)C2)c1Cl. The second-order valence-corrected chi connectivity index (χ2v) is 4.90. The van der Waals surface area contributed by atoms with Gasteiger partial charge in [-0.05, 0) is 18.6 Å². The summed E-state index contributed by atoms with van der Waals surface area (Å²) in [6.07, 6.45) is 0. The molecule has 3 nitrogen and oxygen atoms in total. The molecule has 1 aliphatic rings. The Morgan fingerprint density at radius 1 is 1.53 bits per heavy atom. The quantitative estimate of drug-likeness (QED) is 0.895. The molecule has 1 aromatic carbocycles. The molecule has 2 rings (SSSR count). The Bertz CT molecular complexity index is 384. The van der Waals surface area contributed by atoms with Crippen LogP contribution in [0, 0.1) is 0 Å². The van der Waals surface area contributed by atoms with E-state index in [1.54, 1.807) is 7.11 Å². The molecule has 1 N–H and O–H groups in total. The van der Waals surface area contributed by atoms with Crippen molar-refractivity contribution in [2.24, 2.45) is 0 Å². The van der Waals surface area contributed by atoms with E-state index in [0.717, 1.165) is 42.5 Å². The summed E-state index contributed by atoms with van der Waals surface area (Å²) in [4.78, 5) is 2.42. The summed E-state index contributed by atoms with van der Waals surface area (Å²) in [7, 11) is 1.65. The highest BCUT2D eigenvalue weighted by Gasteiger charge is 2.17. The van der Waals surface area contributed by atoms with Gasteiger partial charge in [0.05, 0.1) is 12.1 Å². The zero-order valence-electron chi connectivity index (χ0n) is 10.4. The summed E-state index contributed by atoms with van der Waals surface area (Å²) in [5, 5.41) is 4.17. The second-order valence-electron chi connectivity index (χ2n) is 4.52. The van der Waals surface area contributed by atoms with Crippen LogP contribution in [0.15, 0.2) is 18.2 Å². The van der Waals surface area contributed by atoms with E-state index < -0.39 is 0 Å². The second kappa shape index (κ2) is 5.71. The summed E-state index contributed by atoms with van der Waals surface area (Å²) in [6, 6.07) is 6.50. The first-order valence-corrected chi connectivity index (χ1v) is 6.35. The summed E-state index contributed by atoms with van der Waals surface area (Å²) in [6.45, 7) is 6.27. The molecule has 0 amide bonds. The van der Waals surface area contributed by atoms with Crippen LogP contribution in [-0.2, 0) is 6.54 Å². The van der Waals surface area contributed by atoms with Gasteiger partial charge in [0.25, 0.3) is 0 Å². The number of piperazine rings is 1. The molecule has 0 unspecified atom stereocenters. The van der Waals surface area contributed by atoms with Gasteiger partial charge in [0.1, 0.15) is 5.75 Å². The molecule has 17 heavy (non-hydrogen) atoms. The van der Waals surface area contributed by atoms with E-state index >= 15 is 0 Å². The average molecular weight is 255 g/mol. The first kappa shape index (κ1) is 12.7. The first-order chi connectivity index (χ1) is 8.20. The van der Waals surface area contributed by atoms with Crippen molar-refractivity contribution in [1.29, 1.82) is 0 Å². The predicted octanol–water partition coefficient (Wildman–Crippen LogP) is 2.14. The van der Waals surface area contributed by atoms with Crippen LogP contribution in [-0.4, -0.2) is 37.7 Å². The molecule has 0 saturated carbocycles. The molecule has 0 bridgehead atoms. The fourth-order valence-electron chi connectivity index (χ4n) is 2.23. The maximum absolute atomic E-state index is 6.30. The van der Waals surface area contributed by atoms with Gasteiger partial charge >= 0.3 is 0 Å². The highest BCUT2D eigenvalue weighted by atomic mass is 35.5. The molecule has 1 fully saturated rings. The standard InChI is InChI=1S/C13H19ClN2O/c1-10-8-16(7-6-15-10)9-11-4-3-5-12(17-2)13(11)14/h3-5,10,15H,6-9H2,1-2H3/t10-/m0/s1. The summed E-state index contributed by atoms with van der Waals surface area (Å²) >= 11 is 6.30. The molecule has 1 aliphatic heterocycles. The monoisotopic (exact) mass is 254 g/mol. The fourth-order valence-corrected chi connectivity index (χ4v) is 2.50. The Morgan fingerprint density at radius 2 is 2.35 bits per heavy atom. The van der Waals surface area contributed by atoms with Crippen LogP contribution in [0.25, 0.3) is 0 Å². The smallest absolute Gasteiger partial charge is 0.137 e. The third-order valence-corrected chi connectivity index (χ3v) is 3.54. The van der Waals surface area contributed by atoms with Crippen molar-refractivity contribution in [1.82, 2.24) is 10.2 Å². The highest BCUT2D eigenvalue weighted by molar-refractivity contribution is 6.32. The molecule has 1 atom stereocenters. The normalized spacial score (nSPS) is 21.5. The lowest BCUT2D eigenvalue weighted by molar-refractivity contribution is 0.199. The third-order valence-electron chi connectivity index (χ3n) is 3.11. The molecule has 0 spiro atoms. The number of rotatable bonds is 3. The Balaban J connectivity index is 2.07. The largest absolute Gasteiger partial charge is 0.495 e. The Kier molecular flexibility index (Phi) is 4.26. The summed E-state index contributed by atoms with van der Waals surface area (Å²) in [5.74, 6) is 0.757. The number of methoxy groups -OCH3 is 1. The number of nitrogens with zero attached hydrogens (tertiary/aromatic N) is 1. The predicted molar refractivity (Wildman–Crippen MR) is 70.7 cm³/mol. The molecule has 4 heteroatoms. The van der Waals surface area contributed by atoms with Gasteiger partial charge in [-0.2, -0.15) is 0 Å². The van der Waals surface area contributed by atoms with Crippen molar-refractivity contribution in [3.63, 3.8) is 0 Å². The van der Waals surface area contributed by atoms with E-state index in [1.165, 1.54) is 0 Å². The minimum Gasteiger partial charge on any atom is -0.495 e. The zero-order chi connectivity index (χ0) is 12.3. The lowest BCUT2D eigenvalue weighted by Crippen LogP contribution is -2.48. The van der Waals surface area contributed by atoms with Crippen molar-refractivity contribution in [3.05, 3.63) is 28.8 Å². The van der Waals surface area contributed by atoms with E-state index in [1.807, 2.05) is 12.1 Å². The van der Waals surface area contributed by atoms with Gasteiger partial charge in [-0.3, -0.25) is 4.90 Å². The zero-order valence-corrected chi connectivity index (χ0v) is 11.1. The molecule has 1 heterocycles. The number of nitrogens with one attached hydrogen (secondary N) is 1. The third kappa shape index (κ3) is 3.12. The van der Waals surface area contributed by atoms with Gasteiger partial charge in [0.2, 0.25) is 0 Å². The van der Waals surface area contributed by atoms with Crippen molar-refractivity contribution < 1.29 is 4.74 Å². The fraction of sp³-hybridized carbons (Fsp3) is 0.538. The molecule has 1 aromatic rings. The van der Waals surface area contributed by atoms with E-state index in [0.29, 0.717) is 6.04 Å². The lowest BCUT2D eigenvalue weighted by atomic mass is 10.1. The van der Waals surface area contributed by atoms with Crippen LogP contribution in [0.5, 0.6) is 5.75 Å². The van der Waals surface area contributed by atoms with E-state index in [4.69, 9.17) is 16.3 Å². The molecule has 94 valence electrons. The lowest BCUT2D eigenvalue weighted by Gasteiger charge is -2.32. The number of hydrogen-bond acceptors (Lipinski definition) is 3. The summed E-state index contributed by atoms with van der Waals surface area (Å²) < 4.78 is 5.23. The highest BCUT2D eigenvalue weighted by Crippen LogP contribution is 2.28. The number of benzene rings is 1. The topological polar surface area (TPSA) is 24.5 Å². The van der Waals surface area contributed by atoms with Gasteiger partial charge in [-0.15, -0.1) is 0 Å². The summed E-state index contributed by atoms with van der Waals surface area (Å²) in [5.41, 5.74) is 1.14. The first-order valence-electron chi connectivity index (χ1n) is 5.98. The van der Waals surface area contributed by atoms with Crippen LogP contribution in [0.1, 0.15) is 12.5 Å².